The first kappa shape index (κ1) is 2710. The molecule has 0 atom stereocenters. The second kappa shape index (κ2) is 1890. The standard InChI is InChI=1S/ClH.Ni.7H2O/h1H;;7*1H2. The van der Waals surface area contributed by atoms with Gasteiger partial charge in [-0.15, -0.1) is 12.4 Å². The van der Waals surface area contributed by atoms with E-state index < -0.39 is 0 Å². The molecule has 9 heteroatoms. The van der Waals surface area contributed by atoms with Gasteiger partial charge in [-0.1, -0.05) is 0 Å². The number of rotatable bonds is 0. The Bertz CT molecular complexity index is 8.88. The van der Waals surface area contributed by atoms with Crippen LogP contribution in [0.1, 0.15) is 0 Å². The van der Waals surface area contributed by atoms with Gasteiger partial charge in [0.15, 0.2) is 0 Å². The Balaban J connectivity index is 0. The van der Waals surface area contributed by atoms with Crippen molar-refractivity contribution in [2.45, 2.75) is 0 Å². The summed E-state index contributed by atoms with van der Waals surface area (Å²) in [7, 11) is 0. The molecule has 0 radical (unpaired) electrons. The minimum atomic E-state index is 0. The molecule has 0 aliphatic rings. The smallest absolute Gasteiger partial charge is 0 e. The number of hydrogen-bond donors (Lipinski definition) is 0. The van der Waals surface area contributed by atoms with Crippen LogP contribution >= 0.6 is 12.4 Å². The number of hydrogen-bond acceptors (Lipinski definition) is 0. The molecule has 0 spiro atoms. The summed E-state index contributed by atoms with van der Waals surface area (Å²) in [6.45, 7) is 0. The van der Waals surface area contributed by atoms with Gasteiger partial charge < -0.3 is 38.3 Å². The summed E-state index contributed by atoms with van der Waals surface area (Å²) in [4.78, 5) is 0. The Morgan fingerprint density at radius 2 is 0.333 bits per heavy atom. The third kappa shape index (κ3) is 1420. The van der Waals surface area contributed by atoms with Gasteiger partial charge in [0, 0.05) is 16.5 Å². The van der Waals surface area contributed by atoms with E-state index >= 15 is 0 Å². The molecule has 74 valence electrons. The summed E-state index contributed by atoms with van der Waals surface area (Å²) < 4.78 is 0. The van der Waals surface area contributed by atoms with Gasteiger partial charge in [0.2, 0.25) is 0 Å². The molecular weight excluding hydrogens is 206 g/mol. The topological polar surface area (TPSA) is 220 Å². The third-order valence-electron chi connectivity index (χ3n) is 0. The Labute approximate surface area is 67.9 Å². The van der Waals surface area contributed by atoms with Crippen LogP contribution in [-0.4, -0.2) is 38.3 Å². The monoisotopic (exact) mass is 220 g/mol. The first-order valence-electron chi connectivity index (χ1n) is 0. The Morgan fingerprint density at radius 3 is 0.333 bits per heavy atom. The van der Waals surface area contributed by atoms with Gasteiger partial charge in [-0.05, 0) is 0 Å². The molecule has 9 heavy (non-hydrogen) atoms. The SMILES string of the molecule is Cl.O.O.O.O.O.O.O.[Ni]. The van der Waals surface area contributed by atoms with Crippen molar-refractivity contribution in [1.82, 2.24) is 0 Å². The average molecular weight is 221 g/mol. The van der Waals surface area contributed by atoms with Crippen molar-refractivity contribution in [2.75, 3.05) is 0 Å². The summed E-state index contributed by atoms with van der Waals surface area (Å²) >= 11 is 0. The molecule has 0 aliphatic carbocycles. The van der Waals surface area contributed by atoms with E-state index in [2.05, 4.69) is 0 Å². The minimum absolute atomic E-state index is 0. The van der Waals surface area contributed by atoms with Gasteiger partial charge in [0.25, 0.3) is 0 Å². The van der Waals surface area contributed by atoms with Crippen molar-refractivity contribution in [3.8, 4) is 0 Å². The first-order chi connectivity index (χ1) is 0. The fraction of sp³-hybridized carbons (Fsp3) is 0. The normalized spacial score (nSPS) is 0. The maximum Gasteiger partial charge on any atom is 0 e. The van der Waals surface area contributed by atoms with Crippen molar-refractivity contribution in [1.29, 1.82) is 0 Å². The fourth-order valence-electron chi connectivity index (χ4n) is 0. The van der Waals surface area contributed by atoms with E-state index in [0.717, 1.165) is 0 Å². The molecule has 14 N–H and O–H groups in total. The molecule has 0 saturated heterocycles. The maximum atomic E-state index is 0. The van der Waals surface area contributed by atoms with E-state index in [1.165, 1.54) is 0 Å². The fourth-order valence-corrected chi connectivity index (χ4v) is 0. The van der Waals surface area contributed by atoms with Crippen molar-refractivity contribution in [3.05, 3.63) is 0 Å². The summed E-state index contributed by atoms with van der Waals surface area (Å²) in [5.74, 6) is 0. The van der Waals surface area contributed by atoms with E-state index in [1.807, 2.05) is 0 Å². The maximum absolute atomic E-state index is 0. The van der Waals surface area contributed by atoms with Crippen LogP contribution in [0.25, 0.3) is 0 Å². The average Bonchev–Trinajstić information content (AvgIpc) is 0. The first-order valence-corrected chi connectivity index (χ1v) is 0. The second-order valence-corrected chi connectivity index (χ2v) is 0. The molecule has 0 aromatic carbocycles. The van der Waals surface area contributed by atoms with Gasteiger partial charge in [-0.2, -0.15) is 0 Å². The van der Waals surface area contributed by atoms with Gasteiger partial charge >= 0.3 is 0 Å². The molecule has 7 nitrogen and oxygen atoms in total. The van der Waals surface area contributed by atoms with Crippen LogP contribution in [0.2, 0.25) is 0 Å². The molecule has 0 heterocycles. The van der Waals surface area contributed by atoms with Gasteiger partial charge in [-0.3, -0.25) is 0 Å². The molecule has 0 amide bonds. The van der Waals surface area contributed by atoms with Crippen molar-refractivity contribution >= 4 is 12.4 Å². The summed E-state index contributed by atoms with van der Waals surface area (Å²) in [5.41, 5.74) is 0. The molecule has 0 fully saturated rings. The van der Waals surface area contributed by atoms with Crippen molar-refractivity contribution in [2.24, 2.45) is 0 Å². The Hall–Kier alpha value is 0.504. The van der Waals surface area contributed by atoms with Crippen LogP contribution in [-0.2, 0) is 16.5 Å². The van der Waals surface area contributed by atoms with Gasteiger partial charge in [0.1, 0.15) is 0 Å². The van der Waals surface area contributed by atoms with Gasteiger partial charge in [0.05, 0.1) is 0 Å². The zero-order chi connectivity index (χ0) is 0. The van der Waals surface area contributed by atoms with E-state index in [0.29, 0.717) is 0 Å². The second-order valence-electron chi connectivity index (χ2n) is 0. The molecule has 0 rings (SSSR count). The van der Waals surface area contributed by atoms with Crippen LogP contribution in [0.3, 0.4) is 0 Å². The molecule has 0 aliphatic heterocycles. The van der Waals surface area contributed by atoms with Crippen LogP contribution in [0.5, 0.6) is 0 Å². The van der Waals surface area contributed by atoms with Crippen molar-refractivity contribution < 1.29 is 54.8 Å². The van der Waals surface area contributed by atoms with E-state index in [-0.39, 0.29) is 67.2 Å². The molecule has 0 bridgehead atoms. The zero-order valence-corrected chi connectivity index (χ0v) is 6.03. The van der Waals surface area contributed by atoms with Crippen LogP contribution in [0, 0.1) is 0 Å². The summed E-state index contributed by atoms with van der Waals surface area (Å²) in [5, 5.41) is 0. The molecular formula is H15ClNiO7. The predicted molar refractivity (Wildman–Crippen MR) is 32.5 cm³/mol. The zero-order valence-electron chi connectivity index (χ0n) is 4.22. The van der Waals surface area contributed by atoms with E-state index in [4.69, 9.17) is 0 Å². The minimum Gasteiger partial charge on any atom is -0.412 e. The molecule has 0 aromatic rings. The van der Waals surface area contributed by atoms with Crippen LogP contribution < -0.4 is 0 Å². The number of halogens is 1. The quantitative estimate of drug-likeness (QED) is 0.349. The van der Waals surface area contributed by atoms with Crippen molar-refractivity contribution in [3.63, 3.8) is 0 Å². The summed E-state index contributed by atoms with van der Waals surface area (Å²) in [6.07, 6.45) is 0. The largest absolute Gasteiger partial charge is 0.412 e. The summed E-state index contributed by atoms with van der Waals surface area (Å²) in [6, 6.07) is 0. The molecule has 0 aromatic heterocycles. The van der Waals surface area contributed by atoms with Gasteiger partial charge in [-0.25, -0.2) is 0 Å². The Morgan fingerprint density at radius 1 is 0.333 bits per heavy atom. The van der Waals surface area contributed by atoms with E-state index in [1.54, 1.807) is 0 Å². The molecule has 0 saturated carbocycles. The van der Waals surface area contributed by atoms with Crippen LogP contribution in [0.15, 0.2) is 0 Å². The predicted octanol–water partition coefficient (Wildman–Crippen LogP) is -5.35. The third-order valence-corrected chi connectivity index (χ3v) is 0. The Kier molecular flexibility index (Phi) is 569000. The van der Waals surface area contributed by atoms with E-state index in [9.17, 15) is 0 Å². The van der Waals surface area contributed by atoms with Crippen LogP contribution in [0.4, 0.5) is 0 Å². The molecule has 0 unspecified atom stereocenters.